The third-order valence-electron chi connectivity index (χ3n) is 6.40. The number of hydrogen-bond acceptors (Lipinski definition) is 2. The molecule has 0 aliphatic carbocycles. The van der Waals surface area contributed by atoms with Gasteiger partial charge in [-0.1, -0.05) is 17.7 Å². The number of fused-ring (bicyclic) bond motifs is 1. The highest BCUT2D eigenvalue weighted by atomic mass is 19.2. The summed E-state index contributed by atoms with van der Waals surface area (Å²) in [6.07, 6.45) is 0.455. The van der Waals surface area contributed by atoms with E-state index < -0.39 is 23.5 Å². The lowest BCUT2D eigenvalue weighted by atomic mass is 10.0. The van der Waals surface area contributed by atoms with Gasteiger partial charge in [0.1, 0.15) is 5.82 Å². The van der Waals surface area contributed by atoms with E-state index in [1.807, 2.05) is 25.1 Å². The highest BCUT2D eigenvalue weighted by Gasteiger charge is 2.44. The van der Waals surface area contributed by atoms with Crippen LogP contribution in [0.2, 0.25) is 0 Å². The van der Waals surface area contributed by atoms with Crippen LogP contribution in [0, 0.1) is 30.3 Å². The number of nitrogens with zero attached hydrogens (tertiary/aromatic N) is 2. The Balaban J connectivity index is 1.37. The summed E-state index contributed by atoms with van der Waals surface area (Å²) in [5.41, 5.74) is 9.67. The van der Waals surface area contributed by atoms with Crippen LogP contribution in [0.25, 0.3) is 0 Å². The molecule has 0 spiro atoms. The van der Waals surface area contributed by atoms with Crippen molar-refractivity contribution in [2.24, 2.45) is 5.92 Å². The van der Waals surface area contributed by atoms with Gasteiger partial charge in [0.25, 0.3) is 5.91 Å². The van der Waals surface area contributed by atoms with Gasteiger partial charge < -0.3 is 9.80 Å². The predicted molar refractivity (Wildman–Crippen MR) is 112 cm³/mol. The van der Waals surface area contributed by atoms with Crippen molar-refractivity contribution in [1.82, 2.24) is 15.5 Å². The SMILES string of the molecule is Cc1cccc(C(=O)N2C[C@@H]3CCN(C(=O)C[C@H]([NH])Cc4cc(F)c(F)cc4F)[C@@H]3C2)c1. The Bertz CT molecular complexity index is 1050. The van der Waals surface area contributed by atoms with Gasteiger partial charge in [-0.3, -0.25) is 15.3 Å². The molecular formula is C24H25F3N3O2. The number of likely N-dealkylation sites (tertiary alicyclic amines) is 2. The molecule has 2 saturated heterocycles. The topological polar surface area (TPSA) is 64.4 Å². The molecule has 1 N–H and O–H groups in total. The Kier molecular flexibility index (Phi) is 6.24. The monoisotopic (exact) mass is 444 g/mol. The summed E-state index contributed by atoms with van der Waals surface area (Å²) in [7, 11) is 0. The quantitative estimate of drug-likeness (QED) is 0.664. The van der Waals surface area contributed by atoms with Gasteiger partial charge in [-0.15, -0.1) is 0 Å². The van der Waals surface area contributed by atoms with E-state index >= 15 is 0 Å². The molecule has 0 saturated carbocycles. The fourth-order valence-electron chi connectivity index (χ4n) is 4.78. The number of aryl methyl sites for hydroxylation is 1. The van der Waals surface area contributed by atoms with Crippen LogP contribution in [0.4, 0.5) is 13.2 Å². The van der Waals surface area contributed by atoms with Crippen LogP contribution in [0.5, 0.6) is 0 Å². The maximum Gasteiger partial charge on any atom is 0.253 e. The summed E-state index contributed by atoms with van der Waals surface area (Å²) >= 11 is 0. The Morgan fingerprint density at radius 1 is 1.09 bits per heavy atom. The van der Waals surface area contributed by atoms with Gasteiger partial charge in [-0.2, -0.15) is 0 Å². The average molecular weight is 444 g/mol. The number of benzene rings is 2. The highest BCUT2D eigenvalue weighted by molar-refractivity contribution is 5.94. The number of amides is 2. The molecule has 3 atom stereocenters. The minimum Gasteiger partial charge on any atom is -0.338 e. The molecule has 0 bridgehead atoms. The molecule has 5 nitrogen and oxygen atoms in total. The van der Waals surface area contributed by atoms with Crippen LogP contribution in [-0.2, 0) is 11.2 Å². The zero-order valence-corrected chi connectivity index (χ0v) is 17.8. The second-order valence-electron chi connectivity index (χ2n) is 8.75. The second-order valence-corrected chi connectivity index (χ2v) is 8.75. The van der Waals surface area contributed by atoms with Crippen LogP contribution in [-0.4, -0.2) is 53.3 Å². The van der Waals surface area contributed by atoms with Gasteiger partial charge in [0, 0.05) is 49.6 Å². The first-order valence-electron chi connectivity index (χ1n) is 10.7. The molecule has 4 rings (SSSR count). The van der Waals surface area contributed by atoms with Gasteiger partial charge in [0.2, 0.25) is 5.91 Å². The van der Waals surface area contributed by atoms with Crippen molar-refractivity contribution in [3.8, 4) is 0 Å². The highest BCUT2D eigenvalue weighted by Crippen LogP contribution is 2.33. The van der Waals surface area contributed by atoms with Crippen molar-refractivity contribution >= 4 is 11.8 Å². The second kappa shape index (κ2) is 8.94. The minimum absolute atomic E-state index is 0.0531. The van der Waals surface area contributed by atoms with E-state index in [2.05, 4.69) is 0 Å². The Morgan fingerprint density at radius 2 is 1.84 bits per heavy atom. The van der Waals surface area contributed by atoms with Crippen molar-refractivity contribution in [3.63, 3.8) is 0 Å². The largest absolute Gasteiger partial charge is 0.338 e. The van der Waals surface area contributed by atoms with E-state index in [-0.39, 0.29) is 42.2 Å². The molecule has 0 unspecified atom stereocenters. The van der Waals surface area contributed by atoms with Gasteiger partial charge in [-0.05, 0) is 43.5 Å². The third kappa shape index (κ3) is 4.50. The van der Waals surface area contributed by atoms with Crippen molar-refractivity contribution < 1.29 is 22.8 Å². The van der Waals surface area contributed by atoms with Crippen LogP contribution in [0.1, 0.15) is 34.3 Å². The summed E-state index contributed by atoms with van der Waals surface area (Å²) in [5.74, 6) is -3.46. The Labute approximate surface area is 185 Å². The van der Waals surface area contributed by atoms with Crippen molar-refractivity contribution in [2.45, 2.75) is 38.3 Å². The molecule has 2 aliphatic rings. The van der Waals surface area contributed by atoms with Gasteiger partial charge in [0.15, 0.2) is 11.6 Å². The zero-order valence-electron chi connectivity index (χ0n) is 17.8. The summed E-state index contributed by atoms with van der Waals surface area (Å²) in [4.78, 5) is 29.2. The standard InChI is InChI=1S/C24H25F3N3O2/c1-14-3-2-4-15(7-14)24(32)29-12-16-5-6-30(22(16)13-29)23(31)10-18(28)8-17-9-20(26)21(27)11-19(17)25/h2-4,7,9,11,16,18,22,28H,5-6,8,10,12-13H2,1H3/t16-,18+,22+/m0/s1. The maximum atomic E-state index is 13.9. The first kappa shape index (κ1) is 22.3. The van der Waals surface area contributed by atoms with Crippen molar-refractivity contribution in [2.75, 3.05) is 19.6 Å². The Hall–Kier alpha value is -2.87. The van der Waals surface area contributed by atoms with E-state index in [0.29, 0.717) is 31.3 Å². The molecule has 32 heavy (non-hydrogen) atoms. The van der Waals surface area contributed by atoms with E-state index in [1.54, 1.807) is 15.9 Å². The average Bonchev–Trinajstić information content (AvgIpc) is 3.32. The molecule has 0 aromatic heterocycles. The summed E-state index contributed by atoms with van der Waals surface area (Å²) in [6, 6.07) is 7.54. The van der Waals surface area contributed by atoms with Crippen LogP contribution >= 0.6 is 0 Å². The first-order valence-corrected chi connectivity index (χ1v) is 10.7. The van der Waals surface area contributed by atoms with Gasteiger partial charge in [-0.25, -0.2) is 13.2 Å². The fourth-order valence-corrected chi connectivity index (χ4v) is 4.78. The lowest BCUT2D eigenvalue weighted by Gasteiger charge is -2.26. The number of nitrogens with one attached hydrogen (secondary N) is 1. The lowest BCUT2D eigenvalue weighted by Crippen LogP contribution is -2.42. The van der Waals surface area contributed by atoms with E-state index in [4.69, 9.17) is 5.73 Å². The fraction of sp³-hybridized carbons (Fsp3) is 0.417. The van der Waals surface area contributed by atoms with Crippen molar-refractivity contribution in [3.05, 3.63) is 70.5 Å². The lowest BCUT2D eigenvalue weighted by molar-refractivity contribution is -0.132. The maximum absolute atomic E-state index is 13.9. The van der Waals surface area contributed by atoms with E-state index in [0.717, 1.165) is 18.1 Å². The Morgan fingerprint density at radius 3 is 2.59 bits per heavy atom. The summed E-state index contributed by atoms with van der Waals surface area (Å²) < 4.78 is 40.4. The minimum atomic E-state index is -1.28. The predicted octanol–water partition coefficient (Wildman–Crippen LogP) is 3.37. The third-order valence-corrected chi connectivity index (χ3v) is 6.40. The summed E-state index contributed by atoms with van der Waals surface area (Å²) in [5, 5.41) is 0. The molecule has 2 aromatic carbocycles. The van der Waals surface area contributed by atoms with Crippen LogP contribution in [0.3, 0.4) is 0 Å². The molecule has 2 aromatic rings. The van der Waals surface area contributed by atoms with Crippen LogP contribution < -0.4 is 5.73 Å². The first-order chi connectivity index (χ1) is 15.2. The van der Waals surface area contributed by atoms with Crippen LogP contribution in [0.15, 0.2) is 36.4 Å². The number of halogens is 3. The van der Waals surface area contributed by atoms with Gasteiger partial charge in [0.05, 0.1) is 6.04 Å². The molecule has 2 fully saturated rings. The molecule has 2 heterocycles. The summed E-state index contributed by atoms with van der Waals surface area (Å²) in [6.45, 7) is 3.53. The smallest absolute Gasteiger partial charge is 0.253 e. The zero-order chi connectivity index (χ0) is 23.0. The molecular weight excluding hydrogens is 419 g/mol. The van der Waals surface area contributed by atoms with Gasteiger partial charge >= 0.3 is 0 Å². The van der Waals surface area contributed by atoms with E-state index in [1.165, 1.54) is 0 Å². The van der Waals surface area contributed by atoms with Crippen molar-refractivity contribution in [1.29, 1.82) is 0 Å². The molecule has 169 valence electrons. The number of carbonyl (C=O) groups excluding carboxylic acids is 2. The molecule has 8 heteroatoms. The molecule has 2 amide bonds. The molecule has 1 radical (unpaired) electrons. The number of rotatable bonds is 5. The number of carbonyl (C=O) groups is 2. The normalized spacial score (nSPS) is 21.0. The van der Waals surface area contributed by atoms with E-state index in [9.17, 15) is 22.8 Å². The number of hydrogen-bond donors (Lipinski definition) is 0. The molecule has 2 aliphatic heterocycles.